The Bertz CT molecular complexity index is 604. The highest BCUT2D eigenvalue weighted by atomic mass is 79.9. The van der Waals surface area contributed by atoms with Crippen LogP contribution in [0.2, 0.25) is 0 Å². The molecule has 0 saturated carbocycles. The van der Waals surface area contributed by atoms with E-state index < -0.39 is 11.7 Å². The molecule has 0 aliphatic carbocycles. The molecule has 0 radical (unpaired) electrons. The third-order valence-corrected chi connectivity index (χ3v) is 2.90. The molecule has 0 saturated heterocycles. The van der Waals surface area contributed by atoms with Crippen LogP contribution in [-0.4, -0.2) is 10.9 Å². The van der Waals surface area contributed by atoms with Gasteiger partial charge < -0.3 is 11.1 Å². The molecule has 0 aliphatic heterocycles. The van der Waals surface area contributed by atoms with Gasteiger partial charge in [-0.15, -0.1) is 0 Å². The number of pyridine rings is 1. The van der Waals surface area contributed by atoms with E-state index in [2.05, 4.69) is 26.2 Å². The van der Waals surface area contributed by atoms with Crippen LogP contribution in [0.4, 0.5) is 15.8 Å². The summed E-state index contributed by atoms with van der Waals surface area (Å²) in [6.07, 6.45) is 1.59. The van der Waals surface area contributed by atoms with E-state index in [9.17, 15) is 9.18 Å². The molecule has 1 amide bonds. The second-order valence-corrected chi connectivity index (χ2v) is 4.28. The standard InChI is InChI=1S/C12H9BrFN3O/c13-11-10(2-1-5-16-11)17-12(18)8-4-3-7(14)6-9(8)15/h1-6H,15H2,(H,17,18). The van der Waals surface area contributed by atoms with Gasteiger partial charge in [-0.1, -0.05) is 0 Å². The number of anilines is 2. The molecule has 4 nitrogen and oxygen atoms in total. The van der Waals surface area contributed by atoms with Crippen molar-refractivity contribution < 1.29 is 9.18 Å². The van der Waals surface area contributed by atoms with Crippen molar-refractivity contribution in [3.63, 3.8) is 0 Å². The van der Waals surface area contributed by atoms with Gasteiger partial charge in [-0.05, 0) is 46.3 Å². The van der Waals surface area contributed by atoms with Crippen molar-refractivity contribution in [3.05, 3.63) is 52.5 Å². The highest BCUT2D eigenvalue weighted by Crippen LogP contribution is 2.21. The minimum Gasteiger partial charge on any atom is -0.398 e. The van der Waals surface area contributed by atoms with Gasteiger partial charge in [-0.2, -0.15) is 0 Å². The Kier molecular flexibility index (Phi) is 3.57. The molecule has 1 aromatic heterocycles. The number of hydrogen-bond donors (Lipinski definition) is 2. The Morgan fingerprint density at radius 2 is 2.17 bits per heavy atom. The van der Waals surface area contributed by atoms with E-state index in [0.717, 1.165) is 6.07 Å². The summed E-state index contributed by atoms with van der Waals surface area (Å²) in [5.74, 6) is -0.896. The van der Waals surface area contributed by atoms with Crippen LogP contribution >= 0.6 is 15.9 Å². The van der Waals surface area contributed by atoms with E-state index in [1.807, 2.05) is 0 Å². The van der Waals surface area contributed by atoms with E-state index in [4.69, 9.17) is 5.73 Å². The normalized spacial score (nSPS) is 10.1. The van der Waals surface area contributed by atoms with Crippen LogP contribution < -0.4 is 11.1 Å². The van der Waals surface area contributed by atoms with E-state index in [1.165, 1.54) is 12.1 Å². The van der Waals surface area contributed by atoms with Gasteiger partial charge in [0.2, 0.25) is 0 Å². The van der Waals surface area contributed by atoms with E-state index in [-0.39, 0.29) is 11.3 Å². The van der Waals surface area contributed by atoms with Crippen LogP contribution in [-0.2, 0) is 0 Å². The Morgan fingerprint density at radius 1 is 1.39 bits per heavy atom. The molecule has 2 rings (SSSR count). The molecule has 92 valence electrons. The molecule has 0 fully saturated rings. The summed E-state index contributed by atoms with van der Waals surface area (Å²) in [7, 11) is 0. The Hall–Kier alpha value is -1.95. The number of aromatic nitrogens is 1. The van der Waals surface area contributed by atoms with Crippen molar-refractivity contribution >= 4 is 33.2 Å². The van der Waals surface area contributed by atoms with Gasteiger partial charge >= 0.3 is 0 Å². The summed E-state index contributed by atoms with van der Waals surface area (Å²) in [6.45, 7) is 0. The average molecular weight is 310 g/mol. The zero-order valence-corrected chi connectivity index (χ0v) is 10.7. The van der Waals surface area contributed by atoms with Crippen LogP contribution in [0.1, 0.15) is 10.4 Å². The fourth-order valence-electron chi connectivity index (χ4n) is 1.41. The van der Waals surface area contributed by atoms with Crippen molar-refractivity contribution in [2.75, 3.05) is 11.1 Å². The topological polar surface area (TPSA) is 68.0 Å². The number of nitrogens with zero attached hydrogens (tertiary/aromatic N) is 1. The molecule has 0 atom stereocenters. The van der Waals surface area contributed by atoms with Crippen LogP contribution in [0.15, 0.2) is 41.1 Å². The summed E-state index contributed by atoms with van der Waals surface area (Å²) in [5.41, 5.74) is 6.41. The molecule has 6 heteroatoms. The Labute approximate surface area is 111 Å². The second-order valence-electron chi connectivity index (χ2n) is 3.53. The highest BCUT2D eigenvalue weighted by Gasteiger charge is 2.12. The lowest BCUT2D eigenvalue weighted by atomic mass is 10.1. The Morgan fingerprint density at radius 3 is 2.83 bits per heavy atom. The van der Waals surface area contributed by atoms with Crippen LogP contribution in [0.5, 0.6) is 0 Å². The highest BCUT2D eigenvalue weighted by molar-refractivity contribution is 9.10. The number of nitrogens with two attached hydrogens (primary N) is 1. The van der Waals surface area contributed by atoms with Crippen LogP contribution in [0, 0.1) is 5.82 Å². The van der Waals surface area contributed by atoms with E-state index in [0.29, 0.717) is 10.3 Å². The number of carbonyl (C=O) groups is 1. The van der Waals surface area contributed by atoms with Gasteiger partial charge in [0.25, 0.3) is 5.91 Å². The number of halogens is 2. The van der Waals surface area contributed by atoms with Crippen molar-refractivity contribution in [1.29, 1.82) is 0 Å². The molecule has 1 heterocycles. The number of benzene rings is 1. The summed E-state index contributed by atoms with van der Waals surface area (Å²) in [4.78, 5) is 15.9. The summed E-state index contributed by atoms with van der Waals surface area (Å²) >= 11 is 3.21. The minimum absolute atomic E-state index is 0.0903. The predicted molar refractivity (Wildman–Crippen MR) is 70.7 cm³/mol. The van der Waals surface area contributed by atoms with E-state index >= 15 is 0 Å². The Balaban J connectivity index is 2.25. The van der Waals surface area contributed by atoms with Crippen molar-refractivity contribution in [2.24, 2.45) is 0 Å². The zero-order valence-electron chi connectivity index (χ0n) is 9.15. The number of carbonyl (C=O) groups excluding carboxylic acids is 1. The van der Waals surface area contributed by atoms with Crippen molar-refractivity contribution in [3.8, 4) is 0 Å². The van der Waals surface area contributed by atoms with Gasteiger partial charge in [-0.3, -0.25) is 4.79 Å². The number of nitrogens with one attached hydrogen (secondary N) is 1. The molecule has 0 unspecified atom stereocenters. The molecule has 1 aromatic carbocycles. The smallest absolute Gasteiger partial charge is 0.257 e. The SMILES string of the molecule is Nc1cc(F)ccc1C(=O)Nc1cccnc1Br. The van der Waals surface area contributed by atoms with Crippen LogP contribution in [0.25, 0.3) is 0 Å². The molecular formula is C12H9BrFN3O. The van der Waals surface area contributed by atoms with Gasteiger partial charge in [0.1, 0.15) is 10.4 Å². The maximum Gasteiger partial charge on any atom is 0.257 e. The first-order valence-electron chi connectivity index (χ1n) is 5.05. The third kappa shape index (κ3) is 2.65. The lowest BCUT2D eigenvalue weighted by Gasteiger charge is -2.08. The molecule has 3 N–H and O–H groups in total. The minimum atomic E-state index is -0.480. The molecule has 0 aliphatic rings. The zero-order chi connectivity index (χ0) is 13.1. The summed E-state index contributed by atoms with van der Waals surface area (Å²) in [6, 6.07) is 7.00. The first-order chi connectivity index (χ1) is 8.58. The number of rotatable bonds is 2. The second kappa shape index (κ2) is 5.14. The summed E-state index contributed by atoms with van der Waals surface area (Å²) in [5, 5.41) is 2.64. The van der Waals surface area contributed by atoms with Gasteiger partial charge in [0, 0.05) is 11.9 Å². The average Bonchev–Trinajstić information content (AvgIpc) is 2.32. The maximum atomic E-state index is 12.9. The van der Waals surface area contributed by atoms with Crippen molar-refractivity contribution in [2.45, 2.75) is 0 Å². The largest absolute Gasteiger partial charge is 0.398 e. The quantitative estimate of drug-likeness (QED) is 0.662. The van der Waals surface area contributed by atoms with Crippen LogP contribution in [0.3, 0.4) is 0 Å². The molecule has 2 aromatic rings. The number of hydrogen-bond acceptors (Lipinski definition) is 3. The molecule has 0 bridgehead atoms. The molecule has 18 heavy (non-hydrogen) atoms. The molecule has 0 spiro atoms. The lowest BCUT2D eigenvalue weighted by molar-refractivity contribution is 0.102. The first kappa shape index (κ1) is 12.5. The molecular weight excluding hydrogens is 301 g/mol. The number of amides is 1. The number of nitrogen functional groups attached to an aromatic ring is 1. The fraction of sp³-hybridized carbons (Fsp3) is 0. The van der Waals surface area contributed by atoms with Gasteiger partial charge in [-0.25, -0.2) is 9.37 Å². The summed E-state index contributed by atoms with van der Waals surface area (Å²) < 4.78 is 13.4. The van der Waals surface area contributed by atoms with Gasteiger partial charge in [0.15, 0.2) is 0 Å². The lowest BCUT2D eigenvalue weighted by Crippen LogP contribution is -2.14. The third-order valence-electron chi connectivity index (χ3n) is 2.27. The van der Waals surface area contributed by atoms with E-state index in [1.54, 1.807) is 18.3 Å². The maximum absolute atomic E-state index is 12.9. The monoisotopic (exact) mass is 309 g/mol. The van der Waals surface area contributed by atoms with Gasteiger partial charge in [0.05, 0.1) is 11.3 Å². The predicted octanol–water partition coefficient (Wildman–Crippen LogP) is 2.82. The first-order valence-corrected chi connectivity index (χ1v) is 5.84. The van der Waals surface area contributed by atoms with Crippen molar-refractivity contribution in [1.82, 2.24) is 4.98 Å². The fourth-order valence-corrected chi connectivity index (χ4v) is 1.76.